The van der Waals surface area contributed by atoms with E-state index in [1.54, 1.807) is 42.5 Å². The van der Waals surface area contributed by atoms with Gasteiger partial charge in [0.25, 0.3) is 5.91 Å². The van der Waals surface area contributed by atoms with Crippen molar-refractivity contribution in [1.29, 1.82) is 10.8 Å². The van der Waals surface area contributed by atoms with Crippen LogP contribution in [0.15, 0.2) is 66.7 Å². The molecule has 4 N–H and O–H groups in total. The van der Waals surface area contributed by atoms with Gasteiger partial charge in [0, 0.05) is 35.8 Å². The third-order valence-corrected chi connectivity index (χ3v) is 7.13. The molecule has 0 aromatic heterocycles. The summed E-state index contributed by atoms with van der Waals surface area (Å²) in [6.45, 7) is 6.82. The van der Waals surface area contributed by atoms with E-state index in [0.29, 0.717) is 72.7 Å². The minimum absolute atomic E-state index is 0.0656. The largest absolute Gasteiger partial charge is 0.489 e. The van der Waals surface area contributed by atoms with Crippen molar-refractivity contribution in [3.63, 3.8) is 0 Å². The number of piperidine rings is 1. The van der Waals surface area contributed by atoms with E-state index in [1.165, 1.54) is 0 Å². The van der Waals surface area contributed by atoms with Gasteiger partial charge in [-0.25, -0.2) is 0 Å². The molecular formula is C33H40N4O5. The first kappa shape index (κ1) is 30.6. The fourth-order valence-corrected chi connectivity index (χ4v) is 4.92. The fraction of sp³-hybridized carbons (Fsp3) is 0.364. The van der Waals surface area contributed by atoms with E-state index < -0.39 is 0 Å². The highest BCUT2D eigenvalue weighted by Crippen LogP contribution is 2.30. The van der Waals surface area contributed by atoms with Crippen LogP contribution in [-0.2, 0) is 16.1 Å². The summed E-state index contributed by atoms with van der Waals surface area (Å²) in [5, 5.41) is 16.1. The minimum Gasteiger partial charge on any atom is -0.489 e. The quantitative estimate of drug-likeness (QED) is 0.181. The van der Waals surface area contributed by atoms with Crippen LogP contribution in [-0.4, -0.2) is 55.5 Å². The number of rotatable bonds is 12. The van der Waals surface area contributed by atoms with E-state index in [1.807, 2.05) is 43.0 Å². The van der Waals surface area contributed by atoms with E-state index in [9.17, 15) is 4.79 Å². The zero-order valence-corrected chi connectivity index (χ0v) is 24.4. The Labute approximate surface area is 247 Å². The second kappa shape index (κ2) is 15.0. The van der Waals surface area contributed by atoms with E-state index in [-0.39, 0.29) is 24.3 Å². The van der Waals surface area contributed by atoms with Crippen molar-refractivity contribution >= 4 is 17.7 Å². The molecule has 1 amide bonds. The lowest BCUT2D eigenvalue weighted by Gasteiger charge is -2.32. The van der Waals surface area contributed by atoms with Crippen molar-refractivity contribution in [3.05, 3.63) is 89.0 Å². The molecule has 0 aliphatic carbocycles. The molecule has 0 unspecified atom stereocenters. The lowest BCUT2D eigenvalue weighted by atomic mass is 9.93. The normalized spacial score (nSPS) is 13.4. The van der Waals surface area contributed by atoms with Crippen LogP contribution in [0, 0.1) is 16.7 Å². The molecule has 0 atom stereocenters. The van der Waals surface area contributed by atoms with Gasteiger partial charge in [-0.15, -0.1) is 0 Å². The zero-order chi connectivity index (χ0) is 29.9. The first-order valence-electron chi connectivity index (χ1n) is 14.5. The van der Waals surface area contributed by atoms with Crippen molar-refractivity contribution in [2.24, 2.45) is 11.7 Å². The lowest BCUT2D eigenvalue weighted by molar-refractivity contribution is 0.0687. The number of amides is 1. The molecule has 9 nitrogen and oxygen atoms in total. The standard InChI is InChI=1S/C33H40N4O5/c1-3-39-31(35)25-8-10-28(11-9-25)42-30-20-27(33(38)37-16-13-23(12-15-34)14-17-37)19-29(21-30)41-22-24-6-5-7-26(18-24)32(36)40-4-2/h5-11,18-21,23,35-36H,3-4,12-17,22,34H2,1-2H3. The van der Waals surface area contributed by atoms with Crippen LogP contribution < -0.4 is 15.2 Å². The number of nitrogens with zero attached hydrogens (tertiary/aromatic N) is 1. The van der Waals surface area contributed by atoms with Crippen molar-refractivity contribution < 1.29 is 23.7 Å². The molecule has 0 radical (unpaired) electrons. The monoisotopic (exact) mass is 572 g/mol. The Hall–Kier alpha value is -4.37. The predicted octanol–water partition coefficient (Wildman–Crippen LogP) is 5.98. The van der Waals surface area contributed by atoms with Crippen LogP contribution in [0.2, 0.25) is 0 Å². The molecule has 222 valence electrons. The van der Waals surface area contributed by atoms with Crippen molar-refractivity contribution in [3.8, 4) is 17.2 Å². The molecule has 0 saturated carbocycles. The second-order valence-corrected chi connectivity index (χ2v) is 10.1. The van der Waals surface area contributed by atoms with Crippen molar-refractivity contribution in [1.82, 2.24) is 4.90 Å². The molecule has 3 aromatic carbocycles. The Morgan fingerprint density at radius 3 is 2.17 bits per heavy atom. The average Bonchev–Trinajstić information content (AvgIpc) is 3.01. The number of hydrogen-bond acceptors (Lipinski definition) is 8. The molecule has 0 spiro atoms. The van der Waals surface area contributed by atoms with Gasteiger partial charge < -0.3 is 29.6 Å². The number of ether oxygens (including phenoxy) is 4. The molecular weight excluding hydrogens is 532 g/mol. The third kappa shape index (κ3) is 8.33. The molecule has 9 heteroatoms. The van der Waals surface area contributed by atoms with E-state index >= 15 is 0 Å². The van der Waals surface area contributed by atoms with E-state index in [0.717, 1.165) is 24.8 Å². The summed E-state index contributed by atoms with van der Waals surface area (Å²) < 4.78 is 22.9. The fourth-order valence-electron chi connectivity index (χ4n) is 4.92. The van der Waals surface area contributed by atoms with E-state index in [4.69, 9.17) is 35.5 Å². The summed E-state index contributed by atoms with van der Waals surface area (Å²) in [6.07, 6.45) is 2.87. The number of nitrogens with one attached hydrogen (secondary N) is 2. The molecule has 1 saturated heterocycles. The molecule has 1 aliphatic rings. The summed E-state index contributed by atoms with van der Waals surface area (Å²) in [6, 6.07) is 19.8. The van der Waals surface area contributed by atoms with E-state index in [2.05, 4.69) is 0 Å². The maximum Gasteiger partial charge on any atom is 0.254 e. The summed E-state index contributed by atoms with van der Waals surface area (Å²) >= 11 is 0. The highest BCUT2D eigenvalue weighted by molar-refractivity contribution is 5.95. The number of likely N-dealkylation sites (tertiary alicyclic amines) is 1. The van der Waals surface area contributed by atoms with Crippen molar-refractivity contribution in [2.45, 2.75) is 39.7 Å². The number of hydrogen-bond donors (Lipinski definition) is 3. The van der Waals surface area contributed by atoms with Crippen LogP contribution in [0.5, 0.6) is 17.2 Å². The Bertz CT molecular complexity index is 1370. The van der Waals surface area contributed by atoms with Gasteiger partial charge in [-0.1, -0.05) is 12.1 Å². The third-order valence-electron chi connectivity index (χ3n) is 7.13. The SMILES string of the molecule is CCOC(=N)c1ccc(Oc2cc(OCc3cccc(C(=N)OCC)c3)cc(C(=O)N3CCC(CCN)CC3)c2)cc1. The average molecular weight is 573 g/mol. The van der Waals surface area contributed by atoms with Crippen LogP contribution in [0.4, 0.5) is 0 Å². The molecule has 1 fully saturated rings. The summed E-state index contributed by atoms with van der Waals surface area (Å²) in [5.41, 5.74) is 8.42. The number of benzene rings is 3. The highest BCUT2D eigenvalue weighted by atomic mass is 16.5. The Balaban J connectivity index is 1.54. The second-order valence-electron chi connectivity index (χ2n) is 10.1. The number of carbonyl (C=O) groups excluding carboxylic acids is 1. The first-order chi connectivity index (χ1) is 20.4. The summed E-state index contributed by atoms with van der Waals surface area (Å²) in [5.74, 6) is 2.22. The van der Waals surface area contributed by atoms with Crippen LogP contribution >= 0.6 is 0 Å². The maximum atomic E-state index is 13.6. The molecule has 1 heterocycles. The summed E-state index contributed by atoms with van der Waals surface area (Å²) in [7, 11) is 0. The van der Waals surface area contributed by atoms with Crippen molar-refractivity contribution in [2.75, 3.05) is 32.8 Å². The van der Waals surface area contributed by atoms with Gasteiger partial charge in [0.05, 0.1) is 13.2 Å². The van der Waals surface area contributed by atoms with Crippen LogP contribution in [0.25, 0.3) is 0 Å². The predicted molar refractivity (Wildman–Crippen MR) is 163 cm³/mol. The Morgan fingerprint density at radius 1 is 0.833 bits per heavy atom. The maximum absolute atomic E-state index is 13.6. The van der Waals surface area contributed by atoms with Gasteiger partial charge in [-0.2, -0.15) is 0 Å². The minimum atomic E-state index is -0.0656. The highest BCUT2D eigenvalue weighted by Gasteiger charge is 2.24. The number of nitrogens with two attached hydrogens (primary N) is 1. The van der Waals surface area contributed by atoms with Gasteiger partial charge in [-0.3, -0.25) is 15.6 Å². The Morgan fingerprint density at radius 2 is 1.50 bits per heavy atom. The Kier molecular flexibility index (Phi) is 10.9. The van der Waals surface area contributed by atoms with Gasteiger partial charge in [-0.05, 0) is 99.7 Å². The molecule has 42 heavy (non-hydrogen) atoms. The van der Waals surface area contributed by atoms with Gasteiger partial charge >= 0.3 is 0 Å². The van der Waals surface area contributed by atoms with Gasteiger partial charge in [0.1, 0.15) is 23.9 Å². The number of carbonyl (C=O) groups is 1. The van der Waals surface area contributed by atoms with Crippen LogP contribution in [0.1, 0.15) is 60.2 Å². The summed E-state index contributed by atoms with van der Waals surface area (Å²) in [4.78, 5) is 15.5. The smallest absolute Gasteiger partial charge is 0.254 e. The lowest BCUT2D eigenvalue weighted by Crippen LogP contribution is -2.38. The molecule has 0 bridgehead atoms. The zero-order valence-electron chi connectivity index (χ0n) is 24.4. The molecule has 1 aliphatic heterocycles. The van der Waals surface area contributed by atoms with Gasteiger partial charge in [0.15, 0.2) is 0 Å². The first-order valence-corrected chi connectivity index (χ1v) is 14.5. The van der Waals surface area contributed by atoms with Crippen LogP contribution in [0.3, 0.4) is 0 Å². The van der Waals surface area contributed by atoms with Gasteiger partial charge in [0.2, 0.25) is 11.8 Å². The topological polar surface area (TPSA) is 131 Å². The molecule has 4 rings (SSSR count). The molecule has 3 aromatic rings.